The molecule has 0 saturated carbocycles. The second-order valence-corrected chi connectivity index (χ2v) is 9.76. The largest absolute Gasteiger partial charge is 0.361 e. The molecule has 0 amide bonds. The van der Waals surface area contributed by atoms with Crippen LogP contribution in [0.15, 0.2) is 46.1 Å². The van der Waals surface area contributed by atoms with Gasteiger partial charge in [0.25, 0.3) is 0 Å². The van der Waals surface area contributed by atoms with Crippen LogP contribution < -0.4 is 10.5 Å². The molecule has 1 aromatic carbocycles. The van der Waals surface area contributed by atoms with Crippen molar-refractivity contribution in [2.75, 3.05) is 11.9 Å². The summed E-state index contributed by atoms with van der Waals surface area (Å²) in [6, 6.07) is 8.66. The summed E-state index contributed by atoms with van der Waals surface area (Å²) in [5.41, 5.74) is 1.17. The number of sulfonamides is 1. The molecule has 142 valence electrons. The molecule has 2 heterocycles. The fourth-order valence-corrected chi connectivity index (χ4v) is 5.40. The van der Waals surface area contributed by atoms with E-state index < -0.39 is 10.0 Å². The molecule has 3 aromatic rings. The second kappa shape index (κ2) is 8.49. The number of hydrogen-bond donors (Lipinski definition) is 2. The summed E-state index contributed by atoms with van der Waals surface area (Å²) < 4.78 is 23.2. The minimum atomic E-state index is -3.68. The summed E-state index contributed by atoms with van der Waals surface area (Å²) >= 11 is 8.45. The van der Waals surface area contributed by atoms with Crippen molar-refractivity contribution in [2.24, 2.45) is 5.14 Å². The van der Waals surface area contributed by atoms with Crippen LogP contribution in [0.25, 0.3) is 0 Å². The van der Waals surface area contributed by atoms with Crippen molar-refractivity contribution in [3.8, 4) is 0 Å². The van der Waals surface area contributed by atoms with Crippen molar-refractivity contribution < 1.29 is 13.2 Å². The number of halogens is 1. The third-order valence-corrected chi connectivity index (χ3v) is 7.51. The molecule has 3 N–H and O–H groups in total. The van der Waals surface area contributed by atoms with Crippen molar-refractivity contribution in [3.63, 3.8) is 0 Å². The van der Waals surface area contributed by atoms with E-state index in [1.807, 2.05) is 0 Å². The van der Waals surface area contributed by atoms with Crippen LogP contribution in [-0.4, -0.2) is 25.7 Å². The number of hydrogen-bond acceptors (Lipinski definition) is 7. The second-order valence-electron chi connectivity index (χ2n) is 5.65. The number of ketones is 1. The minimum Gasteiger partial charge on any atom is -0.361 e. The molecule has 0 aliphatic heterocycles. The Morgan fingerprint density at radius 1 is 1.26 bits per heavy atom. The molecule has 10 heteroatoms. The zero-order valence-electron chi connectivity index (χ0n) is 14.0. The van der Waals surface area contributed by atoms with Crippen LogP contribution in [0.2, 0.25) is 5.02 Å². The molecule has 0 radical (unpaired) electrons. The third-order valence-electron chi connectivity index (χ3n) is 3.71. The van der Waals surface area contributed by atoms with Gasteiger partial charge in [0.15, 0.2) is 5.13 Å². The van der Waals surface area contributed by atoms with Gasteiger partial charge in [-0.15, -0.1) is 11.3 Å². The van der Waals surface area contributed by atoms with E-state index in [0.717, 1.165) is 16.9 Å². The topological polar surface area (TPSA) is 102 Å². The van der Waals surface area contributed by atoms with Crippen LogP contribution in [0.5, 0.6) is 0 Å². The van der Waals surface area contributed by atoms with Gasteiger partial charge in [-0.3, -0.25) is 4.79 Å². The monoisotopic (exact) mass is 441 g/mol. The van der Waals surface area contributed by atoms with Gasteiger partial charge in [0, 0.05) is 12.1 Å². The number of thiazole rings is 1. The van der Waals surface area contributed by atoms with Crippen LogP contribution in [0, 0.1) is 0 Å². The first-order valence-corrected chi connectivity index (χ1v) is 11.6. The summed E-state index contributed by atoms with van der Waals surface area (Å²) in [6.07, 6.45) is 2.81. The molecule has 0 aliphatic rings. The molecule has 0 unspecified atom stereocenters. The van der Waals surface area contributed by atoms with E-state index in [0.29, 0.717) is 40.0 Å². The number of nitrogens with zero attached hydrogens (tertiary/aromatic N) is 1. The van der Waals surface area contributed by atoms with Gasteiger partial charge >= 0.3 is 0 Å². The highest BCUT2D eigenvalue weighted by atomic mass is 35.5. The lowest BCUT2D eigenvalue weighted by molar-refractivity contribution is 0.104. The van der Waals surface area contributed by atoms with Crippen molar-refractivity contribution in [1.82, 2.24) is 4.98 Å². The number of carbonyl (C=O) groups is 1. The molecule has 0 atom stereocenters. The fourth-order valence-electron chi connectivity index (χ4n) is 2.47. The van der Waals surface area contributed by atoms with Crippen molar-refractivity contribution >= 4 is 55.2 Å². The highest BCUT2D eigenvalue weighted by Gasteiger charge is 2.16. The molecule has 3 rings (SSSR count). The Kier molecular flexibility index (Phi) is 6.28. The van der Waals surface area contributed by atoms with Gasteiger partial charge in [-0.25, -0.2) is 18.5 Å². The van der Waals surface area contributed by atoms with Gasteiger partial charge in [-0.05, 0) is 42.0 Å². The SMILES string of the molecule is NS(=O)(=O)c1sccc1CCCNc1ncc(C(=O)c2ccccc2Cl)s1. The number of primary sulfonamides is 1. The summed E-state index contributed by atoms with van der Waals surface area (Å²) in [5, 5.41) is 11.1. The Bertz CT molecular complexity index is 1060. The van der Waals surface area contributed by atoms with Crippen LogP contribution in [0.1, 0.15) is 27.2 Å². The number of benzene rings is 1. The Hall–Kier alpha value is -1.78. The number of carbonyl (C=O) groups excluding carboxylic acids is 1. The predicted octanol–water partition coefficient (Wildman–Crippen LogP) is 3.78. The number of nitrogens with two attached hydrogens (primary N) is 1. The summed E-state index contributed by atoms with van der Waals surface area (Å²) in [4.78, 5) is 17.2. The molecule has 0 fully saturated rings. The number of thiophene rings is 1. The Labute approximate surface area is 170 Å². The van der Waals surface area contributed by atoms with Crippen molar-refractivity contribution in [2.45, 2.75) is 17.1 Å². The summed E-state index contributed by atoms with van der Waals surface area (Å²) in [6.45, 7) is 0.590. The van der Waals surface area contributed by atoms with Gasteiger partial charge in [0.1, 0.15) is 4.21 Å². The van der Waals surface area contributed by atoms with Crippen molar-refractivity contribution in [3.05, 3.63) is 62.9 Å². The van der Waals surface area contributed by atoms with Crippen LogP contribution >= 0.6 is 34.3 Å². The molecule has 0 spiro atoms. The zero-order chi connectivity index (χ0) is 19.4. The van der Waals surface area contributed by atoms with E-state index in [9.17, 15) is 13.2 Å². The molecule has 0 aliphatic carbocycles. The van der Waals surface area contributed by atoms with Gasteiger partial charge in [0.2, 0.25) is 15.8 Å². The van der Waals surface area contributed by atoms with Gasteiger partial charge in [-0.2, -0.15) is 0 Å². The zero-order valence-corrected chi connectivity index (χ0v) is 17.2. The van der Waals surface area contributed by atoms with Gasteiger partial charge in [0.05, 0.1) is 16.1 Å². The van der Waals surface area contributed by atoms with Crippen LogP contribution in [0.3, 0.4) is 0 Å². The molecular weight excluding hydrogens is 426 g/mol. The van der Waals surface area contributed by atoms with E-state index in [4.69, 9.17) is 16.7 Å². The van der Waals surface area contributed by atoms with E-state index >= 15 is 0 Å². The quantitative estimate of drug-likeness (QED) is 0.409. The normalized spacial score (nSPS) is 11.5. The number of rotatable bonds is 8. The maximum absolute atomic E-state index is 12.5. The Balaban J connectivity index is 1.56. The highest BCUT2D eigenvalue weighted by Crippen LogP contribution is 2.25. The lowest BCUT2D eigenvalue weighted by Crippen LogP contribution is -2.12. The summed E-state index contributed by atoms with van der Waals surface area (Å²) in [7, 11) is -3.68. The molecule has 0 saturated heterocycles. The van der Waals surface area contributed by atoms with E-state index in [1.54, 1.807) is 35.7 Å². The first kappa shape index (κ1) is 20.0. The maximum atomic E-state index is 12.5. The standard InChI is InChI=1S/C17H16ClN3O3S3/c18-13-6-2-1-5-12(13)15(22)14-10-21-17(26-14)20-8-3-4-11-7-9-25-16(11)27(19,23)24/h1-2,5-7,9-10H,3-4,8H2,(H,20,21)(H2,19,23,24). The van der Waals surface area contributed by atoms with E-state index in [2.05, 4.69) is 10.3 Å². The first-order chi connectivity index (χ1) is 12.9. The van der Waals surface area contributed by atoms with Crippen LogP contribution in [-0.2, 0) is 16.4 Å². The smallest absolute Gasteiger partial charge is 0.247 e. The Morgan fingerprint density at radius 2 is 2.04 bits per heavy atom. The Morgan fingerprint density at radius 3 is 2.78 bits per heavy atom. The first-order valence-electron chi connectivity index (χ1n) is 7.94. The highest BCUT2D eigenvalue weighted by molar-refractivity contribution is 7.91. The lowest BCUT2D eigenvalue weighted by atomic mass is 10.1. The number of nitrogens with one attached hydrogen (secondary N) is 1. The number of anilines is 1. The van der Waals surface area contributed by atoms with Gasteiger partial charge in [-0.1, -0.05) is 35.1 Å². The summed E-state index contributed by atoms with van der Waals surface area (Å²) in [5.74, 6) is -0.165. The maximum Gasteiger partial charge on any atom is 0.247 e. The third kappa shape index (κ3) is 4.94. The minimum absolute atomic E-state index is 0.165. The van der Waals surface area contributed by atoms with Crippen molar-refractivity contribution in [1.29, 1.82) is 0 Å². The molecule has 2 aromatic heterocycles. The average molecular weight is 442 g/mol. The molecule has 6 nitrogen and oxygen atoms in total. The predicted molar refractivity (Wildman–Crippen MR) is 110 cm³/mol. The van der Waals surface area contributed by atoms with E-state index in [-0.39, 0.29) is 9.99 Å². The molecule has 27 heavy (non-hydrogen) atoms. The van der Waals surface area contributed by atoms with Crippen LogP contribution in [0.4, 0.5) is 5.13 Å². The molecule has 0 bridgehead atoms. The van der Waals surface area contributed by atoms with Gasteiger partial charge < -0.3 is 5.32 Å². The number of aryl methyl sites for hydroxylation is 1. The van der Waals surface area contributed by atoms with E-state index in [1.165, 1.54) is 17.5 Å². The average Bonchev–Trinajstić information content (AvgIpc) is 3.28. The lowest BCUT2D eigenvalue weighted by Gasteiger charge is -2.03. The number of aromatic nitrogens is 1. The molecular formula is C17H16ClN3O3S3. The fraction of sp³-hybridized carbons (Fsp3) is 0.176.